The van der Waals surface area contributed by atoms with Crippen LogP contribution in [0.4, 0.5) is 17.1 Å². The maximum atomic E-state index is 6.90. The Labute approximate surface area is 505 Å². The molecule has 3 heteroatoms. The van der Waals surface area contributed by atoms with Crippen LogP contribution >= 0.6 is 0 Å². The van der Waals surface area contributed by atoms with Gasteiger partial charge in [-0.3, -0.25) is 0 Å². The highest BCUT2D eigenvalue weighted by Gasteiger charge is 2.52. The maximum absolute atomic E-state index is 6.90. The Bertz CT molecular complexity index is 5210. The molecule has 3 aliphatic rings. The number of rotatable bonds is 8. The highest BCUT2D eigenvalue weighted by Crippen LogP contribution is 2.65. The summed E-state index contributed by atoms with van der Waals surface area (Å²) in [6, 6.07) is 109. The molecule has 2 heterocycles. The predicted molar refractivity (Wildman–Crippen MR) is 358 cm³/mol. The third-order valence-corrected chi connectivity index (χ3v) is 19.9. The van der Waals surface area contributed by atoms with Crippen LogP contribution in [-0.4, -0.2) is 0 Å². The average molecular weight is 1110 g/mol. The minimum absolute atomic E-state index is 0.355. The van der Waals surface area contributed by atoms with E-state index in [1.807, 2.05) is 0 Å². The van der Waals surface area contributed by atoms with Gasteiger partial charge in [0.15, 0.2) is 0 Å². The number of hydrogen-bond acceptors (Lipinski definition) is 3. The fraction of sp³-hybridized carbons (Fsp3) is 0.0714. The molecule has 0 radical (unpaired) electrons. The third-order valence-electron chi connectivity index (χ3n) is 19.9. The molecule has 0 bridgehead atoms. The zero-order chi connectivity index (χ0) is 57.8. The van der Waals surface area contributed by atoms with E-state index in [0.29, 0.717) is 0 Å². The van der Waals surface area contributed by atoms with Crippen molar-refractivity contribution in [2.24, 2.45) is 0 Å². The lowest BCUT2D eigenvalue weighted by molar-refractivity contribution is 0.657. The van der Waals surface area contributed by atoms with Gasteiger partial charge < -0.3 is 13.7 Å². The monoisotopic (exact) mass is 1110 g/mol. The van der Waals surface area contributed by atoms with Gasteiger partial charge >= 0.3 is 0 Å². The van der Waals surface area contributed by atoms with Crippen molar-refractivity contribution in [2.75, 3.05) is 4.90 Å². The summed E-state index contributed by atoms with van der Waals surface area (Å²) in [6.45, 7) is 6.96. The number of furan rings is 2. The van der Waals surface area contributed by atoms with Crippen LogP contribution in [0.5, 0.6) is 0 Å². The van der Waals surface area contributed by atoms with Crippen LogP contribution in [0.2, 0.25) is 0 Å². The van der Waals surface area contributed by atoms with E-state index >= 15 is 0 Å². The molecule has 3 aliphatic carbocycles. The van der Waals surface area contributed by atoms with E-state index in [9.17, 15) is 0 Å². The number of para-hydroxylation sites is 3. The first-order valence-corrected chi connectivity index (χ1v) is 30.4. The highest BCUT2D eigenvalue weighted by atomic mass is 16.3. The molecule has 0 saturated heterocycles. The topological polar surface area (TPSA) is 29.5 Å². The molecule has 0 saturated carbocycles. The van der Waals surface area contributed by atoms with Crippen LogP contribution in [0.15, 0.2) is 300 Å². The number of anilines is 3. The van der Waals surface area contributed by atoms with Gasteiger partial charge in [0.05, 0.1) is 10.8 Å². The standard InChI is InChI=1S/C84H57NO2/c1-52-37-39-53(40-38-52)65-49-73-77(80-64-34-20-22-36-75(64)87-81(65)80)62-44-42-59(47-69(62)82(73,2)3)85(58-31-17-8-18-32-58)60-41-43-61-66-50-72-67(51-71(66)84(70(61)48-60,56-27-13-6-14-28-56)57-29-15-7-16-30-57)78-68(45-46-76-79(78)63-33-19-21-35-74(63)86-76)83(72,54-23-9-4-10-24-54)55-25-11-5-12-26-55/h4-51H,1-3H3. The van der Waals surface area contributed by atoms with Gasteiger partial charge in [-0.25, -0.2) is 0 Å². The van der Waals surface area contributed by atoms with Crippen LogP contribution in [0.25, 0.3) is 88.4 Å². The molecule has 0 aliphatic heterocycles. The number of aryl methyl sites for hydroxylation is 1. The smallest absolute Gasteiger partial charge is 0.143 e. The van der Waals surface area contributed by atoms with Gasteiger partial charge in [0.25, 0.3) is 0 Å². The fourth-order valence-corrected chi connectivity index (χ4v) is 16.1. The molecule has 0 atom stereocenters. The van der Waals surface area contributed by atoms with Crippen molar-refractivity contribution >= 4 is 60.9 Å². The normalized spacial score (nSPS) is 14.4. The van der Waals surface area contributed by atoms with E-state index in [1.54, 1.807) is 0 Å². The van der Waals surface area contributed by atoms with Crippen molar-refractivity contribution in [3.8, 4) is 44.5 Å². The lowest BCUT2D eigenvalue weighted by Gasteiger charge is -2.36. The van der Waals surface area contributed by atoms with Crippen molar-refractivity contribution in [2.45, 2.75) is 37.0 Å². The Morgan fingerprint density at radius 1 is 0.299 bits per heavy atom. The lowest BCUT2D eigenvalue weighted by Crippen LogP contribution is -2.30. The summed E-state index contributed by atoms with van der Waals surface area (Å²) in [4.78, 5) is 2.48. The lowest BCUT2D eigenvalue weighted by atomic mass is 9.66. The van der Waals surface area contributed by atoms with Crippen molar-refractivity contribution in [3.05, 3.63) is 352 Å². The minimum Gasteiger partial charge on any atom is -0.456 e. The highest BCUT2D eigenvalue weighted by molar-refractivity contribution is 6.19. The van der Waals surface area contributed by atoms with Crippen molar-refractivity contribution in [1.82, 2.24) is 0 Å². The Kier molecular flexibility index (Phi) is 10.5. The number of nitrogens with zero attached hydrogens (tertiary/aromatic N) is 1. The molecule has 410 valence electrons. The molecule has 3 nitrogen and oxygen atoms in total. The number of fused-ring (bicyclic) bond motifs is 17. The van der Waals surface area contributed by atoms with Gasteiger partial charge in [-0.1, -0.05) is 238 Å². The van der Waals surface area contributed by atoms with Gasteiger partial charge in [-0.2, -0.15) is 0 Å². The second kappa shape index (κ2) is 18.4. The van der Waals surface area contributed by atoms with Crippen LogP contribution in [0.1, 0.15) is 75.0 Å². The molecular weight excluding hydrogens is 1050 g/mol. The van der Waals surface area contributed by atoms with Gasteiger partial charge in [0.2, 0.25) is 0 Å². The molecule has 13 aromatic carbocycles. The number of hydrogen-bond donors (Lipinski definition) is 0. The largest absolute Gasteiger partial charge is 0.456 e. The van der Waals surface area contributed by atoms with Gasteiger partial charge in [-0.15, -0.1) is 0 Å². The van der Waals surface area contributed by atoms with E-state index in [1.165, 1.54) is 100.0 Å². The first-order chi connectivity index (χ1) is 42.8. The third kappa shape index (κ3) is 6.77. The van der Waals surface area contributed by atoms with E-state index in [-0.39, 0.29) is 5.41 Å². The fourth-order valence-electron chi connectivity index (χ4n) is 16.1. The molecular formula is C84H57NO2. The molecule has 0 amide bonds. The summed E-state index contributed by atoms with van der Waals surface area (Å²) in [5, 5.41) is 4.58. The molecule has 15 aromatic rings. The van der Waals surface area contributed by atoms with Crippen molar-refractivity contribution < 1.29 is 8.83 Å². The Morgan fingerprint density at radius 3 is 1.37 bits per heavy atom. The summed E-state index contributed by atoms with van der Waals surface area (Å²) < 4.78 is 13.7. The molecule has 18 rings (SSSR count). The average Bonchev–Trinajstić information content (AvgIpc) is 1.52. The Balaban J connectivity index is 0.899. The summed E-state index contributed by atoms with van der Waals surface area (Å²) in [7, 11) is 0. The summed E-state index contributed by atoms with van der Waals surface area (Å²) >= 11 is 0. The first-order valence-electron chi connectivity index (χ1n) is 30.4. The summed E-state index contributed by atoms with van der Waals surface area (Å²) in [6.07, 6.45) is 0. The van der Waals surface area contributed by atoms with Crippen LogP contribution < -0.4 is 4.90 Å². The minimum atomic E-state index is -0.743. The molecule has 0 fully saturated rings. The molecule has 0 unspecified atom stereocenters. The van der Waals surface area contributed by atoms with Crippen molar-refractivity contribution in [1.29, 1.82) is 0 Å². The van der Waals surface area contributed by atoms with Crippen molar-refractivity contribution in [3.63, 3.8) is 0 Å². The van der Waals surface area contributed by atoms with Crippen LogP contribution in [0, 0.1) is 6.92 Å². The second-order valence-electron chi connectivity index (χ2n) is 24.6. The van der Waals surface area contributed by atoms with E-state index in [2.05, 4.69) is 317 Å². The van der Waals surface area contributed by atoms with Crippen LogP contribution in [-0.2, 0) is 16.2 Å². The van der Waals surface area contributed by atoms with Gasteiger partial charge in [0.1, 0.15) is 22.3 Å². The zero-order valence-electron chi connectivity index (χ0n) is 48.5. The zero-order valence-corrected chi connectivity index (χ0v) is 48.5. The molecule has 0 N–H and O–H groups in total. The summed E-state index contributed by atoms with van der Waals surface area (Å²) in [5.41, 5.74) is 28.5. The molecule has 2 aromatic heterocycles. The quantitative estimate of drug-likeness (QED) is 0.152. The Hall–Kier alpha value is -10.7. The number of benzene rings is 13. The molecule has 87 heavy (non-hydrogen) atoms. The van der Waals surface area contributed by atoms with Crippen LogP contribution in [0.3, 0.4) is 0 Å². The maximum Gasteiger partial charge on any atom is 0.143 e. The first kappa shape index (κ1) is 49.7. The van der Waals surface area contributed by atoms with Gasteiger partial charge in [0, 0.05) is 49.6 Å². The van der Waals surface area contributed by atoms with E-state index in [0.717, 1.165) is 66.7 Å². The van der Waals surface area contributed by atoms with Gasteiger partial charge in [-0.05, 0) is 174 Å². The van der Waals surface area contributed by atoms with E-state index < -0.39 is 10.8 Å². The Morgan fingerprint density at radius 2 is 0.759 bits per heavy atom. The molecule has 0 spiro atoms. The SMILES string of the molecule is Cc1ccc(-c2cc3c(c4c2oc2ccccc24)-c2ccc(N(c4ccccc4)c4ccc5c(c4)C(c4ccccc4)(c4ccccc4)c4cc6c(cc4-5)C(c4ccccc4)(c4ccccc4)c4ccc5oc7ccccc7c5c4-6)cc2C3(C)C)cc1. The predicted octanol–water partition coefficient (Wildman–Crippen LogP) is 22.0. The van der Waals surface area contributed by atoms with E-state index in [4.69, 9.17) is 8.83 Å². The second-order valence-corrected chi connectivity index (χ2v) is 24.6. The summed E-state index contributed by atoms with van der Waals surface area (Å²) in [5.74, 6) is 0.